The number of phenolic OH excluding ortho intramolecular Hbond substituents is 1. The third kappa shape index (κ3) is 9.56. The van der Waals surface area contributed by atoms with Gasteiger partial charge in [-0.2, -0.15) is 0 Å². The number of ether oxygens (including phenoxy) is 1. The van der Waals surface area contributed by atoms with Gasteiger partial charge in [-0.3, -0.25) is 29.0 Å². The maximum absolute atomic E-state index is 14.6. The number of hydrogen-bond donors (Lipinski definition) is 3. The van der Waals surface area contributed by atoms with Crippen molar-refractivity contribution in [2.45, 2.75) is 98.3 Å². The average molecular weight is 859 g/mol. The van der Waals surface area contributed by atoms with Crippen LogP contribution in [0.1, 0.15) is 71.9 Å². The van der Waals surface area contributed by atoms with E-state index in [0.29, 0.717) is 49.9 Å². The summed E-state index contributed by atoms with van der Waals surface area (Å²) in [4.78, 5) is 80.9. The van der Waals surface area contributed by atoms with Gasteiger partial charge in [0.2, 0.25) is 11.8 Å². The molecule has 2 fully saturated rings. The first-order valence-electron chi connectivity index (χ1n) is 21.9. The Balaban J connectivity index is 1.27. The van der Waals surface area contributed by atoms with Crippen LogP contribution in [0.5, 0.6) is 5.75 Å². The largest absolute Gasteiger partial charge is 0.508 e. The van der Waals surface area contributed by atoms with Crippen LogP contribution in [-0.4, -0.2) is 115 Å². The number of aromatic nitrogens is 3. The van der Waals surface area contributed by atoms with Gasteiger partial charge in [0.1, 0.15) is 30.2 Å². The van der Waals surface area contributed by atoms with Crippen LogP contribution in [-0.2, 0) is 48.1 Å². The van der Waals surface area contributed by atoms with Crippen LogP contribution in [0.25, 0.3) is 33.3 Å². The van der Waals surface area contributed by atoms with Gasteiger partial charge in [0.25, 0.3) is 11.8 Å². The van der Waals surface area contributed by atoms with E-state index >= 15 is 0 Å². The van der Waals surface area contributed by atoms with Crippen LogP contribution in [0.4, 0.5) is 0 Å². The molecule has 7 rings (SSSR count). The molecular weight excluding hydrogens is 801 g/mol. The van der Waals surface area contributed by atoms with E-state index in [1.165, 1.54) is 16.2 Å². The lowest BCUT2D eigenvalue weighted by Gasteiger charge is -2.37. The van der Waals surface area contributed by atoms with E-state index in [4.69, 9.17) is 4.74 Å². The molecule has 0 saturated carbocycles. The number of phenols is 1. The molecule has 0 aliphatic carbocycles. The predicted octanol–water partition coefficient (Wildman–Crippen LogP) is 4.49. The van der Waals surface area contributed by atoms with Gasteiger partial charge in [0.05, 0.1) is 18.2 Å². The number of carbonyl (C=O) groups is 5. The first kappa shape index (κ1) is 44.8. The minimum Gasteiger partial charge on any atom is -0.508 e. The van der Waals surface area contributed by atoms with Crippen LogP contribution >= 0.6 is 0 Å². The summed E-state index contributed by atoms with van der Waals surface area (Å²) < 4.78 is 8.28. The summed E-state index contributed by atoms with van der Waals surface area (Å²) in [5, 5.41) is 16.6. The van der Waals surface area contributed by atoms with Crippen LogP contribution < -0.4 is 10.7 Å². The minimum absolute atomic E-state index is 0.00798. The van der Waals surface area contributed by atoms with Gasteiger partial charge in [0.15, 0.2) is 0 Å². The number of hydrazine groups is 1. The number of likely N-dealkylation sites (N-methyl/N-ethyl adjacent to an activating group) is 1. The molecule has 5 heterocycles. The number of likely N-dealkylation sites (tertiary alicyclic amines) is 1. The van der Waals surface area contributed by atoms with E-state index in [2.05, 4.69) is 70.0 Å². The fourth-order valence-electron chi connectivity index (χ4n) is 9.40. The Hall–Kier alpha value is -6.27. The van der Waals surface area contributed by atoms with Crippen molar-refractivity contribution in [2.24, 2.45) is 17.3 Å². The van der Waals surface area contributed by atoms with Gasteiger partial charge in [-0.15, -0.1) is 0 Å². The first-order valence-corrected chi connectivity index (χ1v) is 21.9. The molecule has 0 radical (unpaired) electrons. The Morgan fingerprint density at radius 1 is 1.05 bits per heavy atom. The highest BCUT2D eigenvalue weighted by Crippen LogP contribution is 2.40. The van der Waals surface area contributed by atoms with Crippen molar-refractivity contribution in [2.75, 3.05) is 33.3 Å². The molecular formula is C48H58N8O7. The second-order valence-electron chi connectivity index (χ2n) is 18.1. The molecule has 332 valence electrons. The molecule has 3 aliphatic rings. The van der Waals surface area contributed by atoms with Crippen LogP contribution in [0.2, 0.25) is 0 Å². The third-order valence-corrected chi connectivity index (χ3v) is 12.4. The van der Waals surface area contributed by atoms with Crippen LogP contribution in [0.15, 0.2) is 55.1 Å². The summed E-state index contributed by atoms with van der Waals surface area (Å²) in [7, 11) is 1.58. The molecule has 0 spiro atoms. The standard InChI is InChI=1S/C48H58N8O7/c1-8-11-41(58)54-17-15-32(26-54)45(60)53(7)42(29(3)4)44(59)51-39-20-30-18-33(21-35(57)19-30)31-13-14-40-36(22-31)37(43(55(40)9-2)34-24-49-28-50-25-34)23-48(5,6)27-63-47(62)38-12-10-16-56(52-38)46(39)61/h13-14,18-19,21-22,24-25,28-29,32,38-39,42,52,57H,9-10,12,15-17,20,23,26-27H2,1-7H3,(H,51,59)/t32?,38-,39-,42-/m0/s1. The molecule has 2 aromatic carbocycles. The van der Waals surface area contributed by atoms with Crippen molar-refractivity contribution in [3.63, 3.8) is 0 Å². The Kier molecular flexibility index (Phi) is 13.2. The van der Waals surface area contributed by atoms with Crippen molar-refractivity contribution in [3.05, 3.63) is 66.2 Å². The fourth-order valence-corrected chi connectivity index (χ4v) is 9.40. The number of fused-ring (bicyclic) bond motifs is 6. The van der Waals surface area contributed by atoms with Gasteiger partial charge in [-0.25, -0.2) is 15.4 Å². The lowest BCUT2D eigenvalue weighted by molar-refractivity contribution is -0.155. The van der Waals surface area contributed by atoms with Gasteiger partial charge in [0, 0.05) is 73.9 Å². The molecule has 4 atom stereocenters. The topological polar surface area (TPSA) is 179 Å². The maximum atomic E-state index is 14.6. The zero-order chi connectivity index (χ0) is 45.2. The SMILES string of the molecule is CC#CC(=O)N1CCC(C(=O)N(C)[C@H](C(=O)N[C@H]2Cc3cc(O)cc(c3)-c3ccc4c(c3)c(c(-c3cncnc3)n4CC)CC(C)(C)COC(=O)[C@@H]3CCCN(N3)C2=O)C(C)C)C1. The molecule has 15 nitrogen and oxygen atoms in total. The van der Waals surface area contributed by atoms with Crippen LogP contribution in [0.3, 0.4) is 0 Å². The van der Waals surface area contributed by atoms with E-state index in [1.54, 1.807) is 43.4 Å². The number of aryl methyl sites for hydroxylation is 1. The summed E-state index contributed by atoms with van der Waals surface area (Å²) in [5.74, 6) is 2.17. The van der Waals surface area contributed by atoms with E-state index in [1.807, 2.05) is 26.0 Å². The molecule has 4 aromatic rings. The molecule has 2 aromatic heterocycles. The lowest BCUT2D eigenvalue weighted by atomic mass is 9.84. The third-order valence-electron chi connectivity index (χ3n) is 12.4. The quantitative estimate of drug-likeness (QED) is 0.177. The number of nitrogens with one attached hydrogen (secondary N) is 2. The molecule has 1 unspecified atom stereocenters. The molecule has 3 N–H and O–H groups in total. The zero-order valence-electron chi connectivity index (χ0n) is 37.2. The summed E-state index contributed by atoms with van der Waals surface area (Å²) in [6, 6.07) is 8.43. The predicted molar refractivity (Wildman–Crippen MR) is 237 cm³/mol. The highest BCUT2D eigenvalue weighted by molar-refractivity contribution is 5.96. The normalized spacial score (nSPS) is 20.7. The number of carbonyl (C=O) groups excluding carboxylic acids is 5. The first-order chi connectivity index (χ1) is 30.1. The molecule has 4 amide bonds. The summed E-state index contributed by atoms with van der Waals surface area (Å²) in [5.41, 5.74) is 8.61. The summed E-state index contributed by atoms with van der Waals surface area (Å²) >= 11 is 0. The number of benzene rings is 2. The number of aromatic hydroxyl groups is 1. The monoisotopic (exact) mass is 858 g/mol. The molecule has 3 aliphatic heterocycles. The van der Waals surface area contributed by atoms with E-state index in [0.717, 1.165) is 33.3 Å². The fraction of sp³-hybridized carbons (Fsp3) is 0.479. The Morgan fingerprint density at radius 2 is 1.81 bits per heavy atom. The van der Waals surface area contributed by atoms with Crippen molar-refractivity contribution in [1.29, 1.82) is 0 Å². The zero-order valence-corrected chi connectivity index (χ0v) is 37.2. The van der Waals surface area contributed by atoms with Crippen molar-refractivity contribution in [1.82, 2.24) is 40.1 Å². The van der Waals surface area contributed by atoms with E-state index in [-0.39, 0.29) is 49.6 Å². The second kappa shape index (κ2) is 18.6. The minimum atomic E-state index is -1.16. The van der Waals surface area contributed by atoms with Gasteiger partial charge in [-0.05, 0) is 97.9 Å². The molecule has 63 heavy (non-hydrogen) atoms. The smallest absolute Gasteiger partial charge is 0.324 e. The number of nitrogens with zero attached hydrogens (tertiary/aromatic N) is 6. The summed E-state index contributed by atoms with van der Waals surface area (Å²) in [6.45, 7) is 13.1. The lowest BCUT2D eigenvalue weighted by Crippen LogP contribution is -2.62. The van der Waals surface area contributed by atoms with Crippen LogP contribution in [0, 0.1) is 29.1 Å². The van der Waals surface area contributed by atoms with Gasteiger partial charge < -0.3 is 29.5 Å². The van der Waals surface area contributed by atoms with Crippen molar-refractivity contribution < 1.29 is 33.8 Å². The summed E-state index contributed by atoms with van der Waals surface area (Å²) in [6.07, 6.45) is 7.05. The Bertz CT molecular complexity index is 2470. The number of esters is 1. The molecule has 6 bridgehead atoms. The molecule has 2 saturated heterocycles. The van der Waals surface area contributed by atoms with E-state index in [9.17, 15) is 29.1 Å². The number of rotatable bonds is 7. The second-order valence-corrected chi connectivity index (χ2v) is 18.1. The highest BCUT2D eigenvalue weighted by Gasteiger charge is 2.40. The van der Waals surface area contributed by atoms with Gasteiger partial charge >= 0.3 is 5.97 Å². The van der Waals surface area contributed by atoms with E-state index < -0.39 is 47.2 Å². The Labute approximate surface area is 368 Å². The highest BCUT2D eigenvalue weighted by atomic mass is 16.5. The number of hydrogen-bond acceptors (Lipinski definition) is 10. The van der Waals surface area contributed by atoms with Crippen molar-refractivity contribution in [3.8, 4) is 40.0 Å². The molecule has 15 heteroatoms. The van der Waals surface area contributed by atoms with Gasteiger partial charge in [-0.1, -0.05) is 45.7 Å². The Morgan fingerprint density at radius 3 is 2.52 bits per heavy atom. The number of cyclic esters (lactones) is 1. The van der Waals surface area contributed by atoms with Crippen molar-refractivity contribution >= 4 is 40.5 Å². The number of amides is 4. The average Bonchev–Trinajstić information content (AvgIpc) is 3.88. The maximum Gasteiger partial charge on any atom is 0.324 e.